The van der Waals surface area contributed by atoms with E-state index in [-0.39, 0.29) is 17.2 Å². The fraction of sp³-hybridized carbons (Fsp3) is 0.172. The van der Waals surface area contributed by atoms with Crippen molar-refractivity contribution in [1.29, 1.82) is 10.8 Å². The van der Waals surface area contributed by atoms with Crippen LogP contribution in [0, 0.1) is 10.8 Å². The SMILES string of the molecule is N=C(N)c1cccc(Cn2ccc3nc(C4CC4)n(Cc4ccc5ccc(C(=N)N)cc5c4)c3c2=O)c1. The Morgan fingerprint density at radius 3 is 2.35 bits per heavy atom. The maximum Gasteiger partial charge on any atom is 0.277 e. The number of nitrogens with zero attached hydrogens (tertiary/aromatic N) is 3. The van der Waals surface area contributed by atoms with Gasteiger partial charge in [-0.2, -0.15) is 0 Å². The summed E-state index contributed by atoms with van der Waals surface area (Å²) in [6, 6.07) is 21.3. The van der Waals surface area contributed by atoms with Crippen LogP contribution in [0.15, 0.2) is 77.7 Å². The molecule has 0 unspecified atom stereocenters. The second-order valence-electron chi connectivity index (χ2n) is 9.74. The quantitative estimate of drug-likeness (QED) is 0.203. The Morgan fingerprint density at radius 2 is 1.59 bits per heavy atom. The third-order valence-corrected chi connectivity index (χ3v) is 6.99. The predicted molar refractivity (Wildman–Crippen MR) is 147 cm³/mol. The van der Waals surface area contributed by atoms with Crippen LogP contribution in [0.25, 0.3) is 21.8 Å². The maximum absolute atomic E-state index is 13.7. The minimum Gasteiger partial charge on any atom is -0.384 e. The van der Waals surface area contributed by atoms with Crippen LogP contribution in [0.3, 0.4) is 0 Å². The lowest BCUT2D eigenvalue weighted by atomic mass is 10.0. The van der Waals surface area contributed by atoms with Crippen molar-refractivity contribution in [3.8, 4) is 0 Å². The van der Waals surface area contributed by atoms with Crippen LogP contribution in [0.5, 0.6) is 0 Å². The molecule has 1 saturated carbocycles. The molecule has 8 heteroatoms. The Labute approximate surface area is 213 Å². The summed E-state index contributed by atoms with van der Waals surface area (Å²) < 4.78 is 3.77. The molecular formula is C29H27N7O. The highest BCUT2D eigenvalue weighted by Gasteiger charge is 2.30. The molecule has 0 radical (unpaired) electrons. The zero-order valence-corrected chi connectivity index (χ0v) is 20.2. The maximum atomic E-state index is 13.7. The molecule has 0 atom stereocenters. The van der Waals surface area contributed by atoms with E-state index in [4.69, 9.17) is 27.3 Å². The van der Waals surface area contributed by atoms with Crippen LogP contribution in [0.2, 0.25) is 0 Å². The number of amidine groups is 2. The van der Waals surface area contributed by atoms with Crippen LogP contribution in [-0.4, -0.2) is 25.8 Å². The highest BCUT2D eigenvalue weighted by molar-refractivity contribution is 5.99. The fourth-order valence-electron chi connectivity index (χ4n) is 4.91. The Hall–Kier alpha value is -4.72. The molecule has 6 rings (SSSR count). The van der Waals surface area contributed by atoms with Gasteiger partial charge in [0.2, 0.25) is 0 Å². The standard InChI is InChI=1S/C29H27N7O/c30-26(31)21-3-1-2-17(12-21)15-35-11-10-24-25(29(35)37)36(28(34-24)20-7-8-20)16-18-4-5-19-6-9-22(27(32)33)14-23(19)13-18/h1-6,9-14,20H,7-8,15-16H2,(H3,30,31)(H3,32,33). The van der Waals surface area contributed by atoms with Gasteiger partial charge in [-0.05, 0) is 59.0 Å². The fourth-order valence-corrected chi connectivity index (χ4v) is 4.91. The first-order valence-electron chi connectivity index (χ1n) is 12.3. The number of imidazole rings is 1. The smallest absolute Gasteiger partial charge is 0.277 e. The molecule has 5 aromatic rings. The van der Waals surface area contributed by atoms with Crippen molar-refractivity contribution in [2.24, 2.45) is 11.5 Å². The topological polar surface area (TPSA) is 140 Å². The van der Waals surface area contributed by atoms with Crippen molar-refractivity contribution < 1.29 is 0 Å². The molecule has 0 bridgehead atoms. The predicted octanol–water partition coefficient (Wildman–Crippen LogP) is 3.89. The molecule has 1 fully saturated rings. The van der Waals surface area contributed by atoms with Crippen LogP contribution < -0.4 is 17.0 Å². The molecule has 0 aliphatic heterocycles. The van der Waals surface area contributed by atoms with Gasteiger partial charge in [0.15, 0.2) is 0 Å². The van der Waals surface area contributed by atoms with Gasteiger partial charge >= 0.3 is 0 Å². The molecule has 3 aromatic carbocycles. The summed E-state index contributed by atoms with van der Waals surface area (Å²) in [6.45, 7) is 0.908. The van der Waals surface area contributed by atoms with Gasteiger partial charge in [-0.25, -0.2) is 4.98 Å². The van der Waals surface area contributed by atoms with Gasteiger partial charge in [-0.3, -0.25) is 15.6 Å². The third-order valence-electron chi connectivity index (χ3n) is 6.99. The van der Waals surface area contributed by atoms with Gasteiger partial charge in [-0.15, -0.1) is 0 Å². The van der Waals surface area contributed by atoms with E-state index in [1.54, 1.807) is 16.8 Å². The van der Waals surface area contributed by atoms with Crippen LogP contribution in [0.1, 0.15) is 46.8 Å². The van der Waals surface area contributed by atoms with Crippen LogP contribution in [0.4, 0.5) is 0 Å². The summed E-state index contributed by atoms with van der Waals surface area (Å²) in [5, 5.41) is 17.5. The van der Waals surface area contributed by atoms with Gasteiger partial charge in [0.25, 0.3) is 5.56 Å². The summed E-state index contributed by atoms with van der Waals surface area (Å²) in [5.74, 6) is 1.37. The normalized spacial score (nSPS) is 13.3. The van der Waals surface area contributed by atoms with Gasteiger partial charge in [-0.1, -0.05) is 42.5 Å². The molecule has 0 saturated heterocycles. The number of nitrogen functional groups attached to an aromatic ring is 2. The van der Waals surface area contributed by atoms with E-state index in [2.05, 4.69) is 22.8 Å². The van der Waals surface area contributed by atoms with Gasteiger partial charge in [0.05, 0.1) is 12.1 Å². The number of pyridine rings is 1. The van der Waals surface area contributed by atoms with Crippen LogP contribution in [-0.2, 0) is 13.1 Å². The summed E-state index contributed by atoms with van der Waals surface area (Å²) in [7, 11) is 0. The van der Waals surface area contributed by atoms with Crippen molar-refractivity contribution in [2.45, 2.75) is 31.8 Å². The van der Waals surface area contributed by atoms with Gasteiger partial charge in [0.1, 0.15) is 23.0 Å². The summed E-state index contributed by atoms with van der Waals surface area (Å²) in [4.78, 5) is 18.6. The molecule has 37 heavy (non-hydrogen) atoms. The average Bonchev–Trinajstić information content (AvgIpc) is 3.67. The van der Waals surface area contributed by atoms with E-state index in [9.17, 15) is 4.79 Å². The van der Waals surface area contributed by atoms with E-state index in [0.29, 0.717) is 41.2 Å². The number of fused-ring (bicyclic) bond motifs is 2. The zero-order valence-electron chi connectivity index (χ0n) is 20.2. The number of nitrogens with two attached hydrogens (primary N) is 2. The summed E-state index contributed by atoms with van der Waals surface area (Å²) >= 11 is 0. The molecular weight excluding hydrogens is 462 g/mol. The Kier molecular flexibility index (Phi) is 5.37. The minimum atomic E-state index is -0.0928. The molecule has 0 spiro atoms. The number of hydrogen-bond acceptors (Lipinski definition) is 4. The van der Waals surface area contributed by atoms with E-state index < -0.39 is 0 Å². The van der Waals surface area contributed by atoms with Crippen LogP contribution >= 0.6 is 0 Å². The van der Waals surface area contributed by atoms with E-state index in [1.807, 2.05) is 42.5 Å². The molecule has 1 aliphatic carbocycles. The molecule has 6 N–H and O–H groups in total. The summed E-state index contributed by atoms with van der Waals surface area (Å²) in [5.41, 5.74) is 15.9. The first kappa shape index (κ1) is 22.7. The van der Waals surface area contributed by atoms with E-state index in [0.717, 1.165) is 40.6 Å². The Balaban J connectivity index is 1.43. The Bertz CT molecular complexity index is 1770. The monoisotopic (exact) mass is 489 g/mol. The number of benzene rings is 3. The largest absolute Gasteiger partial charge is 0.384 e. The van der Waals surface area contributed by atoms with Crippen molar-refractivity contribution in [1.82, 2.24) is 14.1 Å². The summed E-state index contributed by atoms with van der Waals surface area (Å²) in [6.07, 6.45) is 3.95. The first-order chi connectivity index (χ1) is 17.9. The molecule has 2 aromatic heterocycles. The van der Waals surface area contributed by atoms with Gasteiger partial charge in [0, 0.05) is 29.8 Å². The number of aromatic nitrogens is 3. The van der Waals surface area contributed by atoms with Crippen molar-refractivity contribution in [2.75, 3.05) is 0 Å². The first-order valence-corrected chi connectivity index (χ1v) is 12.3. The third kappa shape index (κ3) is 4.27. The molecule has 1 aliphatic rings. The van der Waals surface area contributed by atoms with Crippen molar-refractivity contribution in [3.63, 3.8) is 0 Å². The lowest BCUT2D eigenvalue weighted by Crippen LogP contribution is -2.23. The number of nitrogens with one attached hydrogen (secondary N) is 2. The highest BCUT2D eigenvalue weighted by atomic mass is 16.1. The van der Waals surface area contributed by atoms with Gasteiger partial charge < -0.3 is 20.6 Å². The lowest BCUT2D eigenvalue weighted by Gasteiger charge is -2.12. The molecule has 2 heterocycles. The van der Waals surface area contributed by atoms with Crippen molar-refractivity contribution in [3.05, 3.63) is 111 Å². The van der Waals surface area contributed by atoms with E-state index >= 15 is 0 Å². The number of rotatable bonds is 7. The van der Waals surface area contributed by atoms with E-state index in [1.165, 1.54) is 0 Å². The average molecular weight is 490 g/mol. The molecule has 0 amide bonds. The highest BCUT2D eigenvalue weighted by Crippen LogP contribution is 2.40. The zero-order chi connectivity index (χ0) is 25.7. The second kappa shape index (κ2) is 8.74. The molecule has 8 nitrogen and oxygen atoms in total. The minimum absolute atomic E-state index is 0.00242. The second-order valence-corrected chi connectivity index (χ2v) is 9.74. The number of hydrogen-bond donors (Lipinski definition) is 4. The van der Waals surface area contributed by atoms with Crippen molar-refractivity contribution >= 4 is 33.5 Å². The molecule has 184 valence electrons. The lowest BCUT2D eigenvalue weighted by molar-refractivity contribution is 0.726. The Morgan fingerprint density at radius 1 is 0.865 bits per heavy atom.